The van der Waals surface area contributed by atoms with Gasteiger partial charge < -0.3 is 11.1 Å². The highest BCUT2D eigenvalue weighted by molar-refractivity contribution is 8.00. The second kappa shape index (κ2) is 7.28. The van der Waals surface area contributed by atoms with Crippen molar-refractivity contribution in [2.75, 3.05) is 12.8 Å². The van der Waals surface area contributed by atoms with Gasteiger partial charge in [-0.15, -0.1) is 23.1 Å². The summed E-state index contributed by atoms with van der Waals surface area (Å²) in [4.78, 5) is 0.712. The molecule has 0 radical (unpaired) electrons. The van der Waals surface area contributed by atoms with Crippen molar-refractivity contribution in [3.63, 3.8) is 0 Å². The fourth-order valence-corrected chi connectivity index (χ4v) is 3.65. The highest BCUT2D eigenvalue weighted by Crippen LogP contribution is 2.30. The maximum atomic E-state index is 8.16. The van der Waals surface area contributed by atoms with E-state index in [1.165, 1.54) is 16.9 Å². The molecular formula is C15H18N4S2. The summed E-state index contributed by atoms with van der Waals surface area (Å²) < 4.78 is 1.01. The Kier molecular flexibility index (Phi) is 5.41. The van der Waals surface area contributed by atoms with Crippen molar-refractivity contribution in [2.45, 2.75) is 10.6 Å². The number of thiophene rings is 1. The van der Waals surface area contributed by atoms with E-state index in [9.17, 15) is 0 Å². The van der Waals surface area contributed by atoms with Crippen molar-refractivity contribution in [1.82, 2.24) is 5.32 Å². The molecule has 2 aromatic rings. The first-order valence-electron chi connectivity index (χ1n) is 6.50. The van der Waals surface area contributed by atoms with Gasteiger partial charge in [-0.1, -0.05) is 30.3 Å². The zero-order valence-corrected chi connectivity index (χ0v) is 13.4. The summed E-state index contributed by atoms with van der Waals surface area (Å²) in [5.41, 5.74) is 7.59. The standard InChI is InChI=1S/C15H18N4S2/c1-20-15-11(9-12(21-15)13(16)17)14(18)19-8-7-10-5-3-2-4-6-10/h2-6,9H,7-8H2,1H3,(H3,16,17)(H2,18,19). The van der Waals surface area contributed by atoms with Crippen LogP contribution in [-0.2, 0) is 6.42 Å². The lowest BCUT2D eigenvalue weighted by atomic mass is 10.1. The Morgan fingerprint density at radius 2 is 2.00 bits per heavy atom. The van der Waals surface area contributed by atoms with E-state index in [0.717, 1.165) is 16.2 Å². The molecule has 1 heterocycles. The number of hydrogen-bond donors (Lipinski definition) is 4. The minimum Gasteiger partial charge on any atom is -0.383 e. The molecule has 6 heteroatoms. The normalized spacial score (nSPS) is 10.3. The molecule has 110 valence electrons. The van der Waals surface area contributed by atoms with Crippen molar-refractivity contribution in [1.29, 1.82) is 10.8 Å². The Morgan fingerprint density at radius 1 is 1.29 bits per heavy atom. The Balaban J connectivity index is 1.98. The lowest BCUT2D eigenvalue weighted by Crippen LogP contribution is -2.25. The van der Waals surface area contributed by atoms with Gasteiger partial charge in [-0.25, -0.2) is 0 Å². The van der Waals surface area contributed by atoms with Gasteiger partial charge in [0, 0.05) is 12.1 Å². The molecule has 0 aliphatic carbocycles. The van der Waals surface area contributed by atoms with Crippen LogP contribution >= 0.6 is 23.1 Å². The Hall–Kier alpha value is -1.79. The monoisotopic (exact) mass is 318 g/mol. The average molecular weight is 318 g/mol. The van der Waals surface area contributed by atoms with Crippen LogP contribution in [0.15, 0.2) is 40.6 Å². The van der Waals surface area contributed by atoms with Crippen LogP contribution in [0.3, 0.4) is 0 Å². The molecule has 0 atom stereocenters. The molecule has 0 saturated heterocycles. The van der Waals surface area contributed by atoms with E-state index in [2.05, 4.69) is 17.4 Å². The zero-order chi connectivity index (χ0) is 15.2. The molecule has 1 aromatic heterocycles. The van der Waals surface area contributed by atoms with Gasteiger partial charge in [-0.2, -0.15) is 0 Å². The Bertz CT molecular complexity index is 634. The number of amidine groups is 2. The molecule has 0 unspecified atom stereocenters. The van der Waals surface area contributed by atoms with Crippen LogP contribution in [-0.4, -0.2) is 24.5 Å². The number of nitrogens with one attached hydrogen (secondary N) is 3. The van der Waals surface area contributed by atoms with Crippen LogP contribution < -0.4 is 11.1 Å². The van der Waals surface area contributed by atoms with Crippen LogP contribution in [0.2, 0.25) is 0 Å². The van der Waals surface area contributed by atoms with E-state index >= 15 is 0 Å². The first-order valence-corrected chi connectivity index (χ1v) is 8.55. The number of thioether (sulfide) groups is 1. The maximum absolute atomic E-state index is 8.16. The lowest BCUT2D eigenvalue weighted by Gasteiger charge is -2.08. The molecule has 0 amide bonds. The molecule has 4 nitrogen and oxygen atoms in total. The van der Waals surface area contributed by atoms with Crippen LogP contribution in [0.25, 0.3) is 0 Å². The van der Waals surface area contributed by atoms with Gasteiger partial charge in [0.1, 0.15) is 11.7 Å². The minimum absolute atomic E-state index is 0.0543. The summed E-state index contributed by atoms with van der Waals surface area (Å²) in [7, 11) is 0. The number of hydrogen-bond acceptors (Lipinski definition) is 4. The molecule has 0 spiro atoms. The third-order valence-corrected chi connectivity index (χ3v) is 5.28. The molecule has 0 bridgehead atoms. The number of nitrogen functional groups attached to an aromatic ring is 1. The average Bonchev–Trinajstić information content (AvgIpc) is 2.93. The summed E-state index contributed by atoms with van der Waals surface area (Å²) in [5, 5.41) is 18.8. The van der Waals surface area contributed by atoms with Crippen molar-refractivity contribution in [3.05, 3.63) is 52.4 Å². The van der Waals surface area contributed by atoms with Crippen molar-refractivity contribution < 1.29 is 0 Å². The molecule has 0 fully saturated rings. The SMILES string of the molecule is CSc1sc(C(=N)N)cc1C(=N)NCCc1ccccc1. The van der Waals surface area contributed by atoms with E-state index in [-0.39, 0.29) is 5.84 Å². The quantitative estimate of drug-likeness (QED) is 0.375. The fourth-order valence-electron chi connectivity index (χ4n) is 1.90. The van der Waals surface area contributed by atoms with E-state index in [1.54, 1.807) is 11.8 Å². The highest BCUT2D eigenvalue weighted by atomic mass is 32.2. The minimum atomic E-state index is 0.0543. The predicted octanol–water partition coefficient (Wildman–Crippen LogP) is 2.91. The van der Waals surface area contributed by atoms with E-state index in [1.807, 2.05) is 30.5 Å². The highest BCUT2D eigenvalue weighted by Gasteiger charge is 2.13. The third-order valence-electron chi connectivity index (χ3n) is 2.98. The van der Waals surface area contributed by atoms with Gasteiger partial charge in [0.25, 0.3) is 0 Å². The zero-order valence-electron chi connectivity index (χ0n) is 11.8. The van der Waals surface area contributed by atoms with E-state index < -0.39 is 0 Å². The summed E-state index contributed by atoms with van der Waals surface area (Å²) in [6.07, 6.45) is 2.85. The molecule has 0 saturated carbocycles. The maximum Gasteiger partial charge on any atom is 0.133 e. The van der Waals surface area contributed by atoms with Crippen LogP contribution in [0, 0.1) is 10.8 Å². The van der Waals surface area contributed by atoms with Crippen LogP contribution in [0.1, 0.15) is 16.0 Å². The number of rotatable bonds is 6. The van der Waals surface area contributed by atoms with Gasteiger partial charge in [-0.05, 0) is 24.3 Å². The predicted molar refractivity (Wildman–Crippen MR) is 92.1 cm³/mol. The fraction of sp³-hybridized carbons (Fsp3) is 0.200. The first kappa shape index (κ1) is 15.6. The van der Waals surface area contributed by atoms with Gasteiger partial charge in [0.2, 0.25) is 0 Å². The summed E-state index contributed by atoms with van der Waals surface area (Å²) >= 11 is 3.04. The lowest BCUT2D eigenvalue weighted by molar-refractivity contribution is 0.861. The van der Waals surface area contributed by atoms with Crippen molar-refractivity contribution in [3.8, 4) is 0 Å². The molecule has 0 aliphatic heterocycles. The van der Waals surface area contributed by atoms with E-state index in [4.69, 9.17) is 16.6 Å². The summed E-state index contributed by atoms with van der Waals surface area (Å²) in [6.45, 7) is 0.710. The molecule has 2 rings (SSSR count). The Labute approximate surface area is 132 Å². The number of benzene rings is 1. The van der Waals surface area contributed by atoms with Gasteiger partial charge >= 0.3 is 0 Å². The molecule has 0 aliphatic rings. The van der Waals surface area contributed by atoms with Gasteiger partial charge in [-0.3, -0.25) is 10.8 Å². The molecule has 1 aromatic carbocycles. The summed E-state index contributed by atoms with van der Waals surface area (Å²) in [5.74, 6) is 0.442. The third kappa shape index (κ3) is 4.09. The smallest absolute Gasteiger partial charge is 0.133 e. The molecule has 21 heavy (non-hydrogen) atoms. The molecular weight excluding hydrogens is 300 g/mol. The van der Waals surface area contributed by atoms with Crippen molar-refractivity contribution >= 4 is 34.8 Å². The Morgan fingerprint density at radius 3 is 2.62 bits per heavy atom. The molecule has 5 N–H and O–H groups in total. The van der Waals surface area contributed by atoms with Crippen LogP contribution in [0.5, 0.6) is 0 Å². The topological polar surface area (TPSA) is 85.8 Å². The van der Waals surface area contributed by atoms with Crippen LogP contribution in [0.4, 0.5) is 0 Å². The van der Waals surface area contributed by atoms with Crippen molar-refractivity contribution in [2.24, 2.45) is 5.73 Å². The first-order chi connectivity index (χ1) is 10.1. The van der Waals surface area contributed by atoms with Gasteiger partial charge in [0.15, 0.2) is 0 Å². The number of nitrogens with two attached hydrogens (primary N) is 1. The van der Waals surface area contributed by atoms with E-state index in [0.29, 0.717) is 17.3 Å². The summed E-state index contributed by atoms with van der Waals surface area (Å²) in [6, 6.07) is 12.0. The largest absolute Gasteiger partial charge is 0.383 e. The second-order valence-electron chi connectivity index (χ2n) is 4.47. The van der Waals surface area contributed by atoms with Gasteiger partial charge in [0.05, 0.1) is 9.09 Å². The second-order valence-corrected chi connectivity index (χ2v) is 6.59.